The summed E-state index contributed by atoms with van der Waals surface area (Å²) < 4.78 is 0.881. The molecule has 1 atom stereocenters. The standard InChI is InChI=1S/C35H31BrClN7O4/c36-24-6-8-30-23(17-24)19-39-25(16-22-4-2-1-3-5-22)21-43(30)35(46)28-18-26(7-9-31(28)44(47)48)41-12-14-42(15-13-41)34(45)29-20-40-33-27(32(29)37)10-11-38-33/h1-11,17-18,20,25,39H,12-16,19,21H2,(H,38,40)/t25-/m1/s1. The highest BCUT2D eigenvalue weighted by atomic mass is 79.9. The highest BCUT2D eigenvalue weighted by Gasteiger charge is 2.32. The number of hydrogen-bond donors (Lipinski definition) is 2. The first-order valence-corrected chi connectivity index (χ1v) is 16.8. The first-order valence-electron chi connectivity index (χ1n) is 15.6. The Morgan fingerprint density at radius 3 is 2.54 bits per heavy atom. The molecule has 0 bridgehead atoms. The Kier molecular flexibility index (Phi) is 8.86. The summed E-state index contributed by atoms with van der Waals surface area (Å²) in [6.07, 6.45) is 3.90. The fraction of sp³-hybridized carbons (Fsp3) is 0.229. The number of piperazine rings is 1. The molecule has 2 amide bonds. The van der Waals surface area contributed by atoms with Crippen LogP contribution in [0.5, 0.6) is 0 Å². The van der Waals surface area contributed by atoms with Crippen LogP contribution < -0.4 is 15.1 Å². The SMILES string of the molecule is O=C(c1cnc2[nH]ccc2c1Cl)N1CCN(c2ccc([N+](=O)[O-])c(C(=O)N3C[C@@H](Cc4ccccc4)NCc4cc(Br)ccc43)c2)CC1. The maximum Gasteiger partial charge on any atom is 0.282 e. The van der Waals surface area contributed by atoms with Gasteiger partial charge in [-0.05, 0) is 53.9 Å². The number of aromatic nitrogens is 2. The van der Waals surface area contributed by atoms with E-state index in [0.29, 0.717) is 78.7 Å². The van der Waals surface area contributed by atoms with Crippen LogP contribution >= 0.6 is 27.5 Å². The Balaban J connectivity index is 1.14. The van der Waals surface area contributed by atoms with Gasteiger partial charge in [0, 0.05) is 85.0 Å². The normalized spacial score (nSPS) is 16.5. The molecule has 2 aliphatic rings. The number of fused-ring (bicyclic) bond motifs is 2. The molecular weight excluding hydrogens is 698 g/mol. The molecule has 2 aromatic heterocycles. The monoisotopic (exact) mass is 727 g/mol. The predicted octanol–water partition coefficient (Wildman–Crippen LogP) is 6.21. The molecular formula is C35H31BrClN7O4. The lowest BCUT2D eigenvalue weighted by molar-refractivity contribution is -0.385. The zero-order chi connectivity index (χ0) is 33.4. The molecule has 2 aliphatic heterocycles. The fourth-order valence-electron chi connectivity index (χ4n) is 6.48. The molecule has 5 aromatic rings. The predicted molar refractivity (Wildman–Crippen MR) is 189 cm³/mol. The van der Waals surface area contributed by atoms with Gasteiger partial charge in [-0.1, -0.05) is 57.9 Å². The van der Waals surface area contributed by atoms with Gasteiger partial charge in [0.15, 0.2) is 0 Å². The maximum atomic E-state index is 14.5. The second-order valence-electron chi connectivity index (χ2n) is 11.9. The topological polar surface area (TPSA) is 128 Å². The first-order chi connectivity index (χ1) is 23.3. The number of halogens is 2. The molecule has 48 heavy (non-hydrogen) atoms. The fourth-order valence-corrected chi connectivity index (χ4v) is 7.17. The Labute approximate surface area is 289 Å². The number of nitrogens with zero attached hydrogens (tertiary/aromatic N) is 5. The van der Waals surface area contributed by atoms with E-state index >= 15 is 0 Å². The van der Waals surface area contributed by atoms with Crippen molar-refractivity contribution in [3.63, 3.8) is 0 Å². The molecule has 244 valence electrons. The van der Waals surface area contributed by atoms with E-state index in [4.69, 9.17) is 11.6 Å². The molecule has 7 rings (SSSR count). The van der Waals surface area contributed by atoms with Crippen molar-refractivity contribution in [2.24, 2.45) is 0 Å². The zero-order valence-electron chi connectivity index (χ0n) is 25.7. The number of nitro benzene ring substituents is 1. The molecule has 4 heterocycles. The van der Waals surface area contributed by atoms with Gasteiger partial charge in [0.1, 0.15) is 11.2 Å². The van der Waals surface area contributed by atoms with Crippen molar-refractivity contribution in [1.82, 2.24) is 20.2 Å². The van der Waals surface area contributed by atoms with Crippen molar-refractivity contribution in [3.8, 4) is 0 Å². The average Bonchev–Trinajstić information content (AvgIpc) is 3.52. The van der Waals surface area contributed by atoms with Crippen LogP contribution in [-0.2, 0) is 13.0 Å². The number of pyridine rings is 1. The van der Waals surface area contributed by atoms with Crippen molar-refractivity contribution >= 4 is 67.4 Å². The number of hydrogen-bond acceptors (Lipinski definition) is 7. The van der Waals surface area contributed by atoms with E-state index in [9.17, 15) is 19.7 Å². The molecule has 2 N–H and O–H groups in total. The van der Waals surface area contributed by atoms with Crippen molar-refractivity contribution in [2.75, 3.05) is 42.5 Å². The van der Waals surface area contributed by atoms with Gasteiger partial charge in [-0.2, -0.15) is 0 Å². The second-order valence-corrected chi connectivity index (χ2v) is 13.2. The second kappa shape index (κ2) is 13.4. The summed E-state index contributed by atoms with van der Waals surface area (Å²) >= 11 is 10.1. The minimum Gasteiger partial charge on any atom is -0.368 e. The van der Waals surface area contributed by atoms with Crippen LogP contribution in [0.15, 0.2) is 89.7 Å². The molecule has 0 spiro atoms. The summed E-state index contributed by atoms with van der Waals surface area (Å²) in [7, 11) is 0. The summed E-state index contributed by atoms with van der Waals surface area (Å²) in [4.78, 5) is 52.3. The molecule has 3 aromatic carbocycles. The third kappa shape index (κ3) is 6.26. The van der Waals surface area contributed by atoms with Crippen LogP contribution in [0.4, 0.5) is 17.1 Å². The minimum atomic E-state index is -0.507. The molecule has 13 heteroatoms. The van der Waals surface area contributed by atoms with Crippen LogP contribution in [0.25, 0.3) is 11.0 Å². The van der Waals surface area contributed by atoms with Crippen molar-refractivity contribution in [1.29, 1.82) is 0 Å². The Hall–Kier alpha value is -4.78. The van der Waals surface area contributed by atoms with E-state index in [1.807, 2.05) is 41.3 Å². The maximum absolute atomic E-state index is 14.5. The van der Waals surface area contributed by atoms with E-state index in [0.717, 1.165) is 15.6 Å². The molecule has 0 radical (unpaired) electrons. The van der Waals surface area contributed by atoms with Crippen LogP contribution in [0.2, 0.25) is 5.02 Å². The van der Waals surface area contributed by atoms with Gasteiger partial charge < -0.3 is 25.0 Å². The summed E-state index contributed by atoms with van der Waals surface area (Å²) in [6.45, 7) is 2.62. The molecule has 1 saturated heterocycles. The number of carbonyl (C=O) groups excluding carboxylic acids is 2. The summed E-state index contributed by atoms with van der Waals surface area (Å²) in [5, 5.41) is 16.9. The summed E-state index contributed by atoms with van der Waals surface area (Å²) in [6, 6.07) is 22.2. The van der Waals surface area contributed by atoms with E-state index in [1.54, 1.807) is 34.2 Å². The lowest BCUT2D eigenvalue weighted by atomic mass is 10.0. The van der Waals surface area contributed by atoms with Crippen LogP contribution in [0, 0.1) is 10.1 Å². The van der Waals surface area contributed by atoms with E-state index in [1.165, 1.54) is 12.3 Å². The van der Waals surface area contributed by atoms with Crippen LogP contribution in [0.1, 0.15) is 31.8 Å². The van der Waals surface area contributed by atoms with Gasteiger partial charge in [-0.15, -0.1) is 0 Å². The number of nitrogens with one attached hydrogen (secondary N) is 2. The van der Waals surface area contributed by atoms with Crippen LogP contribution in [-0.4, -0.2) is 70.4 Å². The zero-order valence-corrected chi connectivity index (χ0v) is 28.1. The number of amides is 2. The number of aromatic amines is 1. The van der Waals surface area contributed by atoms with Gasteiger partial charge in [0.05, 0.1) is 15.5 Å². The molecule has 1 fully saturated rings. The smallest absolute Gasteiger partial charge is 0.282 e. The van der Waals surface area contributed by atoms with Crippen molar-refractivity contribution in [3.05, 3.63) is 127 Å². The highest BCUT2D eigenvalue weighted by Crippen LogP contribution is 2.33. The largest absolute Gasteiger partial charge is 0.368 e. The summed E-state index contributed by atoms with van der Waals surface area (Å²) in [5.74, 6) is -0.648. The lowest BCUT2D eigenvalue weighted by Crippen LogP contribution is -2.49. The molecule has 0 saturated carbocycles. The van der Waals surface area contributed by atoms with E-state index in [-0.39, 0.29) is 23.2 Å². The number of carbonyl (C=O) groups is 2. The van der Waals surface area contributed by atoms with Gasteiger partial charge in [0.2, 0.25) is 0 Å². The molecule has 0 unspecified atom stereocenters. The Morgan fingerprint density at radius 1 is 0.979 bits per heavy atom. The average molecular weight is 729 g/mol. The number of nitro groups is 1. The van der Waals surface area contributed by atoms with Gasteiger partial charge in [0.25, 0.3) is 17.5 Å². The highest BCUT2D eigenvalue weighted by molar-refractivity contribution is 9.10. The van der Waals surface area contributed by atoms with Crippen LogP contribution in [0.3, 0.4) is 0 Å². The Bertz CT molecular complexity index is 2030. The third-order valence-electron chi connectivity index (χ3n) is 8.98. The third-order valence-corrected chi connectivity index (χ3v) is 9.88. The number of rotatable bonds is 6. The van der Waals surface area contributed by atoms with E-state index in [2.05, 4.69) is 43.3 Å². The summed E-state index contributed by atoms with van der Waals surface area (Å²) in [5.41, 5.74) is 4.15. The van der Waals surface area contributed by atoms with Crippen molar-refractivity contribution < 1.29 is 14.5 Å². The lowest BCUT2D eigenvalue weighted by Gasteiger charge is -2.36. The van der Waals surface area contributed by atoms with Gasteiger partial charge >= 0.3 is 0 Å². The van der Waals surface area contributed by atoms with Crippen molar-refractivity contribution in [2.45, 2.75) is 19.0 Å². The first kappa shape index (κ1) is 31.8. The minimum absolute atomic E-state index is 0.0166. The van der Waals surface area contributed by atoms with Gasteiger partial charge in [-0.3, -0.25) is 19.7 Å². The molecule has 11 nitrogen and oxygen atoms in total. The molecule has 0 aliphatic carbocycles. The number of benzene rings is 3. The Morgan fingerprint density at radius 2 is 1.77 bits per heavy atom. The number of H-pyrrole nitrogens is 1. The van der Waals surface area contributed by atoms with E-state index < -0.39 is 10.8 Å². The quantitative estimate of drug-likeness (QED) is 0.157. The van der Waals surface area contributed by atoms with Gasteiger partial charge in [-0.25, -0.2) is 4.98 Å². The number of anilines is 2.